The normalized spacial score (nSPS) is 10.6. The van der Waals surface area contributed by atoms with Crippen LogP contribution in [0.1, 0.15) is 15.9 Å². The molecule has 0 aliphatic heterocycles. The zero-order valence-electron chi connectivity index (χ0n) is 16.9. The quantitative estimate of drug-likeness (QED) is 0.215. The van der Waals surface area contributed by atoms with Gasteiger partial charge in [-0.25, -0.2) is 14.6 Å². The average molecular weight is 501 g/mol. The number of nitrogens with one attached hydrogen (secondary N) is 1. The lowest BCUT2D eigenvalue weighted by atomic mass is 10.2. The van der Waals surface area contributed by atoms with Gasteiger partial charge in [0, 0.05) is 4.47 Å². The third-order valence-electron chi connectivity index (χ3n) is 4.04. The maximum absolute atomic E-state index is 12.9. The number of esters is 1. The Labute approximate surface area is 191 Å². The molecular formula is C23H18BrFN2O5. The molecule has 7 nitrogen and oxygen atoms in total. The number of hydrogen-bond acceptors (Lipinski definition) is 6. The molecule has 3 rings (SSSR count). The molecule has 3 aromatic carbocycles. The van der Waals surface area contributed by atoms with E-state index < -0.39 is 17.7 Å². The highest BCUT2D eigenvalue weighted by molar-refractivity contribution is 9.10. The van der Waals surface area contributed by atoms with Gasteiger partial charge < -0.3 is 14.2 Å². The number of methoxy groups -OCH3 is 1. The minimum atomic E-state index is -0.528. The average Bonchev–Trinajstić information content (AvgIpc) is 2.79. The highest BCUT2D eigenvalue weighted by Crippen LogP contribution is 2.28. The Morgan fingerprint density at radius 3 is 2.56 bits per heavy atom. The molecule has 0 bridgehead atoms. The second-order valence-electron chi connectivity index (χ2n) is 6.35. The summed E-state index contributed by atoms with van der Waals surface area (Å²) in [4.78, 5) is 24.2. The lowest BCUT2D eigenvalue weighted by molar-refractivity contribution is -0.123. The zero-order chi connectivity index (χ0) is 22.9. The molecule has 32 heavy (non-hydrogen) atoms. The Kier molecular flexibility index (Phi) is 7.93. The van der Waals surface area contributed by atoms with E-state index in [1.165, 1.54) is 37.6 Å². The van der Waals surface area contributed by atoms with E-state index in [-0.39, 0.29) is 12.4 Å². The maximum Gasteiger partial charge on any atom is 0.343 e. The Hall–Kier alpha value is -3.72. The van der Waals surface area contributed by atoms with Gasteiger partial charge in [-0.15, -0.1) is 0 Å². The Morgan fingerprint density at radius 1 is 1.06 bits per heavy atom. The highest BCUT2D eigenvalue weighted by atomic mass is 79.9. The summed E-state index contributed by atoms with van der Waals surface area (Å²) in [6.07, 6.45) is 1.40. The number of hydrogen-bond donors (Lipinski definition) is 1. The minimum absolute atomic E-state index is 0.242. The number of carbonyl (C=O) groups is 2. The van der Waals surface area contributed by atoms with Gasteiger partial charge in [0.05, 0.1) is 18.9 Å². The first-order valence-corrected chi connectivity index (χ1v) is 10.1. The fraction of sp³-hybridized carbons (Fsp3) is 0.0870. The molecule has 0 aliphatic carbocycles. The summed E-state index contributed by atoms with van der Waals surface area (Å²) < 4.78 is 29.6. The van der Waals surface area contributed by atoms with Crippen LogP contribution >= 0.6 is 15.9 Å². The molecule has 0 radical (unpaired) electrons. The predicted molar refractivity (Wildman–Crippen MR) is 120 cm³/mol. The van der Waals surface area contributed by atoms with Crippen LogP contribution in [0, 0.1) is 5.82 Å². The molecular weight excluding hydrogens is 483 g/mol. The zero-order valence-corrected chi connectivity index (χ0v) is 18.5. The monoisotopic (exact) mass is 500 g/mol. The summed E-state index contributed by atoms with van der Waals surface area (Å²) in [5, 5.41) is 3.86. The SMILES string of the molecule is COc1cc(/C=N/NC(=O)COc2ccc(F)cc2)ccc1OC(=O)c1cccc(Br)c1. The smallest absolute Gasteiger partial charge is 0.343 e. The van der Waals surface area contributed by atoms with Crippen LogP contribution in [0.4, 0.5) is 4.39 Å². The molecule has 0 atom stereocenters. The lowest BCUT2D eigenvalue weighted by Gasteiger charge is -2.10. The third kappa shape index (κ3) is 6.64. The van der Waals surface area contributed by atoms with E-state index in [0.29, 0.717) is 22.6 Å². The molecule has 0 heterocycles. The van der Waals surface area contributed by atoms with E-state index in [1.807, 2.05) is 0 Å². The summed E-state index contributed by atoms with van der Waals surface area (Å²) in [5.41, 5.74) is 3.31. The van der Waals surface area contributed by atoms with Gasteiger partial charge in [-0.1, -0.05) is 22.0 Å². The highest BCUT2D eigenvalue weighted by Gasteiger charge is 2.13. The fourth-order valence-corrected chi connectivity index (χ4v) is 2.91. The topological polar surface area (TPSA) is 86.2 Å². The fourth-order valence-electron chi connectivity index (χ4n) is 2.51. The molecule has 0 spiro atoms. The van der Waals surface area contributed by atoms with Crippen LogP contribution in [0.15, 0.2) is 76.3 Å². The van der Waals surface area contributed by atoms with Crippen molar-refractivity contribution in [2.24, 2.45) is 5.10 Å². The van der Waals surface area contributed by atoms with Crippen LogP contribution in [0.5, 0.6) is 17.2 Å². The Balaban J connectivity index is 1.56. The van der Waals surface area contributed by atoms with Crippen molar-refractivity contribution in [3.05, 3.63) is 88.1 Å². The first-order chi connectivity index (χ1) is 15.4. The molecule has 3 aromatic rings. The summed E-state index contributed by atoms with van der Waals surface area (Å²) in [6.45, 7) is -0.281. The van der Waals surface area contributed by atoms with Crippen molar-refractivity contribution in [2.75, 3.05) is 13.7 Å². The number of amides is 1. The van der Waals surface area contributed by atoms with Gasteiger partial charge in [0.2, 0.25) is 0 Å². The van der Waals surface area contributed by atoms with E-state index in [0.717, 1.165) is 4.47 Å². The molecule has 0 unspecified atom stereocenters. The molecule has 0 saturated heterocycles. The van der Waals surface area contributed by atoms with Gasteiger partial charge in [0.15, 0.2) is 18.1 Å². The minimum Gasteiger partial charge on any atom is -0.493 e. The van der Waals surface area contributed by atoms with Crippen molar-refractivity contribution in [3.8, 4) is 17.2 Å². The number of ether oxygens (including phenoxy) is 3. The van der Waals surface area contributed by atoms with Crippen LogP contribution in [-0.4, -0.2) is 31.8 Å². The maximum atomic E-state index is 12.9. The largest absolute Gasteiger partial charge is 0.493 e. The van der Waals surface area contributed by atoms with Gasteiger partial charge in [0.1, 0.15) is 11.6 Å². The summed E-state index contributed by atoms with van der Waals surface area (Å²) in [5.74, 6) is -0.481. The molecule has 9 heteroatoms. The molecule has 0 aromatic heterocycles. The second kappa shape index (κ2) is 11.1. The van der Waals surface area contributed by atoms with Gasteiger partial charge >= 0.3 is 5.97 Å². The Morgan fingerprint density at radius 2 is 1.84 bits per heavy atom. The number of halogens is 2. The van der Waals surface area contributed by atoms with Crippen molar-refractivity contribution < 1.29 is 28.2 Å². The van der Waals surface area contributed by atoms with Crippen LogP contribution in [-0.2, 0) is 4.79 Å². The van der Waals surface area contributed by atoms with E-state index >= 15 is 0 Å². The standard InChI is InChI=1S/C23H18BrFN2O5/c1-30-21-11-15(5-10-20(21)32-23(29)16-3-2-4-17(24)12-16)13-26-27-22(28)14-31-19-8-6-18(25)7-9-19/h2-13H,14H2,1H3,(H,27,28)/b26-13+. The van der Waals surface area contributed by atoms with E-state index in [2.05, 4.69) is 26.5 Å². The van der Waals surface area contributed by atoms with E-state index in [9.17, 15) is 14.0 Å². The summed E-state index contributed by atoms with van der Waals surface area (Å²) in [6, 6.07) is 17.0. The van der Waals surface area contributed by atoms with Crippen molar-refractivity contribution >= 4 is 34.0 Å². The van der Waals surface area contributed by atoms with Crippen LogP contribution in [0.25, 0.3) is 0 Å². The first-order valence-electron chi connectivity index (χ1n) is 9.30. The number of nitrogens with zero attached hydrogens (tertiary/aromatic N) is 1. The van der Waals surface area contributed by atoms with Crippen LogP contribution < -0.4 is 19.6 Å². The summed E-state index contributed by atoms with van der Waals surface area (Å²) in [7, 11) is 1.45. The number of rotatable bonds is 8. The molecule has 0 saturated carbocycles. The predicted octanol–water partition coefficient (Wildman–Crippen LogP) is 4.35. The van der Waals surface area contributed by atoms with Gasteiger partial charge in [-0.3, -0.25) is 4.79 Å². The van der Waals surface area contributed by atoms with Crippen LogP contribution in [0.3, 0.4) is 0 Å². The number of carbonyl (C=O) groups excluding carboxylic acids is 2. The third-order valence-corrected chi connectivity index (χ3v) is 4.53. The second-order valence-corrected chi connectivity index (χ2v) is 7.26. The van der Waals surface area contributed by atoms with Gasteiger partial charge in [-0.2, -0.15) is 5.10 Å². The molecule has 1 amide bonds. The van der Waals surface area contributed by atoms with Gasteiger partial charge in [-0.05, 0) is 66.2 Å². The molecule has 0 aliphatic rings. The number of hydrazone groups is 1. The Bertz CT molecular complexity index is 1140. The van der Waals surface area contributed by atoms with Gasteiger partial charge in [0.25, 0.3) is 5.91 Å². The molecule has 164 valence electrons. The van der Waals surface area contributed by atoms with Crippen LogP contribution in [0.2, 0.25) is 0 Å². The van der Waals surface area contributed by atoms with E-state index in [4.69, 9.17) is 14.2 Å². The van der Waals surface area contributed by atoms with E-state index in [1.54, 1.807) is 42.5 Å². The lowest BCUT2D eigenvalue weighted by Crippen LogP contribution is -2.24. The summed E-state index contributed by atoms with van der Waals surface area (Å²) >= 11 is 3.31. The van der Waals surface area contributed by atoms with Crippen molar-refractivity contribution in [1.82, 2.24) is 5.43 Å². The van der Waals surface area contributed by atoms with Crippen molar-refractivity contribution in [1.29, 1.82) is 0 Å². The number of benzene rings is 3. The molecule has 1 N–H and O–H groups in total. The van der Waals surface area contributed by atoms with Crippen molar-refractivity contribution in [2.45, 2.75) is 0 Å². The molecule has 0 fully saturated rings. The van der Waals surface area contributed by atoms with Crippen molar-refractivity contribution in [3.63, 3.8) is 0 Å². The first kappa shape index (κ1) is 23.0.